The van der Waals surface area contributed by atoms with E-state index in [1.165, 1.54) is 0 Å². The van der Waals surface area contributed by atoms with Gasteiger partial charge in [0, 0.05) is 25.6 Å². The minimum atomic E-state index is -0.153. The van der Waals surface area contributed by atoms with Crippen molar-refractivity contribution in [1.82, 2.24) is 15.3 Å². The van der Waals surface area contributed by atoms with Crippen LogP contribution < -0.4 is 10.2 Å². The summed E-state index contributed by atoms with van der Waals surface area (Å²) >= 11 is 6.16. The van der Waals surface area contributed by atoms with Gasteiger partial charge in [0.15, 0.2) is 0 Å². The highest BCUT2D eigenvalue weighted by atomic mass is 35.5. The summed E-state index contributed by atoms with van der Waals surface area (Å²) in [6.45, 7) is 4.72. The van der Waals surface area contributed by atoms with Gasteiger partial charge in [0.2, 0.25) is 5.91 Å². The summed E-state index contributed by atoms with van der Waals surface area (Å²) < 4.78 is 0. The van der Waals surface area contributed by atoms with Crippen molar-refractivity contribution >= 4 is 23.3 Å². The zero-order valence-electron chi connectivity index (χ0n) is 11.5. The molecule has 1 amide bonds. The molecule has 1 fully saturated rings. The van der Waals surface area contributed by atoms with Crippen LogP contribution in [0.25, 0.3) is 0 Å². The number of likely N-dealkylation sites (N-methyl/N-ethyl adjacent to an activating group) is 1. The second-order valence-electron chi connectivity index (χ2n) is 4.70. The van der Waals surface area contributed by atoms with Crippen molar-refractivity contribution in [2.75, 3.05) is 18.5 Å². The van der Waals surface area contributed by atoms with E-state index in [9.17, 15) is 4.79 Å². The van der Waals surface area contributed by atoms with Gasteiger partial charge in [0.05, 0.1) is 0 Å². The Kier molecular flexibility index (Phi) is 4.24. The van der Waals surface area contributed by atoms with E-state index in [1.54, 1.807) is 7.05 Å². The molecule has 2 heterocycles. The highest BCUT2D eigenvalue weighted by molar-refractivity contribution is 6.30. The second-order valence-corrected chi connectivity index (χ2v) is 5.06. The SMILES string of the molecule is CCc1nc(Cl)c(C)c(N2CCCC2C(=O)NC)n1. The molecule has 0 aliphatic carbocycles. The summed E-state index contributed by atoms with van der Waals surface area (Å²) in [6, 6.07) is -0.153. The van der Waals surface area contributed by atoms with Crippen LogP contribution in [0.5, 0.6) is 0 Å². The van der Waals surface area contributed by atoms with Gasteiger partial charge in [-0.2, -0.15) is 0 Å². The molecule has 1 aromatic heterocycles. The molecular weight excluding hydrogens is 264 g/mol. The van der Waals surface area contributed by atoms with E-state index < -0.39 is 0 Å². The second kappa shape index (κ2) is 5.74. The first-order valence-electron chi connectivity index (χ1n) is 6.59. The summed E-state index contributed by atoms with van der Waals surface area (Å²) in [4.78, 5) is 22.8. The first kappa shape index (κ1) is 14.1. The minimum absolute atomic E-state index is 0.0321. The van der Waals surface area contributed by atoms with Gasteiger partial charge in [-0.25, -0.2) is 9.97 Å². The van der Waals surface area contributed by atoms with E-state index in [4.69, 9.17) is 11.6 Å². The molecule has 0 bridgehead atoms. The lowest BCUT2D eigenvalue weighted by Gasteiger charge is -2.26. The maximum Gasteiger partial charge on any atom is 0.242 e. The van der Waals surface area contributed by atoms with Crippen LogP contribution in [0.3, 0.4) is 0 Å². The standard InChI is InChI=1S/C13H19ClN4O/c1-4-10-16-11(14)8(2)12(17-10)18-7-5-6-9(18)13(19)15-3/h9H,4-7H2,1-3H3,(H,15,19). The van der Waals surface area contributed by atoms with E-state index in [0.717, 1.165) is 37.2 Å². The Morgan fingerprint density at radius 2 is 2.26 bits per heavy atom. The fourth-order valence-corrected chi connectivity index (χ4v) is 2.60. The minimum Gasteiger partial charge on any atom is -0.357 e. The van der Waals surface area contributed by atoms with Crippen molar-refractivity contribution in [3.8, 4) is 0 Å². The van der Waals surface area contributed by atoms with Gasteiger partial charge in [-0.05, 0) is 19.8 Å². The third-order valence-electron chi connectivity index (χ3n) is 3.50. The average Bonchev–Trinajstić information content (AvgIpc) is 2.89. The summed E-state index contributed by atoms with van der Waals surface area (Å²) in [5, 5.41) is 3.19. The molecule has 5 nitrogen and oxygen atoms in total. The number of rotatable bonds is 3. The van der Waals surface area contributed by atoms with Crippen LogP contribution in [-0.2, 0) is 11.2 Å². The summed E-state index contributed by atoms with van der Waals surface area (Å²) in [6.07, 6.45) is 2.56. The van der Waals surface area contributed by atoms with Crippen LogP contribution in [0.2, 0.25) is 5.15 Å². The number of nitrogens with one attached hydrogen (secondary N) is 1. The van der Waals surface area contributed by atoms with E-state index in [-0.39, 0.29) is 11.9 Å². The molecule has 2 rings (SSSR count). The van der Waals surface area contributed by atoms with Crippen LogP contribution in [-0.4, -0.2) is 35.5 Å². The normalized spacial score (nSPS) is 18.7. The number of nitrogens with zero attached hydrogens (tertiary/aromatic N) is 3. The number of carbonyl (C=O) groups is 1. The Labute approximate surface area is 118 Å². The molecule has 19 heavy (non-hydrogen) atoms. The molecule has 1 N–H and O–H groups in total. The molecule has 1 unspecified atom stereocenters. The molecule has 1 aliphatic heterocycles. The van der Waals surface area contributed by atoms with Crippen molar-refractivity contribution in [2.24, 2.45) is 0 Å². The van der Waals surface area contributed by atoms with Crippen molar-refractivity contribution in [3.63, 3.8) is 0 Å². The maximum absolute atomic E-state index is 11.9. The number of hydrogen-bond donors (Lipinski definition) is 1. The zero-order chi connectivity index (χ0) is 14.0. The molecule has 1 saturated heterocycles. The first-order chi connectivity index (χ1) is 9.08. The molecule has 0 spiro atoms. The Morgan fingerprint density at radius 3 is 2.89 bits per heavy atom. The van der Waals surface area contributed by atoms with Gasteiger partial charge in [-0.3, -0.25) is 4.79 Å². The van der Waals surface area contributed by atoms with E-state index >= 15 is 0 Å². The molecule has 1 atom stereocenters. The number of anilines is 1. The lowest BCUT2D eigenvalue weighted by Crippen LogP contribution is -2.42. The van der Waals surface area contributed by atoms with Crippen LogP contribution in [0.1, 0.15) is 31.2 Å². The smallest absolute Gasteiger partial charge is 0.242 e. The first-order valence-corrected chi connectivity index (χ1v) is 6.97. The third-order valence-corrected chi connectivity index (χ3v) is 3.87. The highest BCUT2D eigenvalue weighted by Crippen LogP contribution is 2.29. The fourth-order valence-electron chi connectivity index (χ4n) is 2.42. The molecule has 104 valence electrons. The van der Waals surface area contributed by atoms with Crippen LogP contribution in [0.4, 0.5) is 5.82 Å². The Bertz CT molecular complexity index is 492. The molecule has 0 aromatic carbocycles. The Morgan fingerprint density at radius 1 is 1.53 bits per heavy atom. The third kappa shape index (κ3) is 2.66. The quantitative estimate of drug-likeness (QED) is 0.858. The molecule has 0 saturated carbocycles. The number of hydrogen-bond acceptors (Lipinski definition) is 4. The number of aryl methyl sites for hydroxylation is 1. The maximum atomic E-state index is 11.9. The van der Waals surface area contributed by atoms with Crippen molar-refractivity contribution < 1.29 is 4.79 Å². The van der Waals surface area contributed by atoms with Crippen molar-refractivity contribution in [1.29, 1.82) is 0 Å². The average molecular weight is 283 g/mol. The molecule has 1 aromatic rings. The Balaban J connectivity index is 2.40. The van der Waals surface area contributed by atoms with Gasteiger partial charge in [-0.1, -0.05) is 18.5 Å². The summed E-state index contributed by atoms with van der Waals surface area (Å²) in [5.41, 5.74) is 0.842. The lowest BCUT2D eigenvalue weighted by atomic mass is 10.2. The number of aromatic nitrogens is 2. The van der Waals surface area contributed by atoms with Gasteiger partial charge in [0.25, 0.3) is 0 Å². The van der Waals surface area contributed by atoms with Crippen molar-refractivity contribution in [2.45, 2.75) is 39.2 Å². The summed E-state index contributed by atoms with van der Waals surface area (Å²) in [7, 11) is 1.66. The molecule has 6 heteroatoms. The largest absolute Gasteiger partial charge is 0.357 e. The van der Waals surface area contributed by atoms with Crippen LogP contribution in [0.15, 0.2) is 0 Å². The van der Waals surface area contributed by atoms with E-state index in [2.05, 4.69) is 15.3 Å². The fraction of sp³-hybridized carbons (Fsp3) is 0.615. The van der Waals surface area contributed by atoms with Crippen LogP contribution >= 0.6 is 11.6 Å². The van der Waals surface area contributed by atoms with Gasteiger partial charge in [-0.15, -0.1) is 0 Å². The van der Waals surface area contributed by atoms with Crippen molar-refractivity contribution in [3.05, 3.63) is 16.5 Å². The predicted octanol–water partition coefficient (Wildman–Crippen LogP) is 1.72. The Hall–Kier alpha value is -1.36. The molecular formula is C13H19ClN4O. The van der Waals surface area contributed by atoms with E-state index in [0.29, 0.717) is 11.0 Å². The van der Waals surface area contributed by atoms with Gasteiger partial charge in [0.1, 0.15) is 22.8 Å². The van der Waals surface area contributed by atoms with E-state index in [1.807, 2.05) is 18.7 Å². The topological polar surface area (TPSA) is 58.1 Å². The number of carbonyl (C=O) groups excluding carboxylic acids is 1. The van der Waals surface area contributed by atoms with Crippen LogP contribution in [0, 0.1) is 6.92 Å². The predicted molar refractivity (Wildman–Crippen MR) is 75.6 cm³/mol. The molecule has 1 aliphatic rings. The monoisotopic (exact) mass is 282 g/mol. The highest BCUT2D eigenvalue weighted by Gasteiger charge is 2.32. The van der Waals surface area contributed by atoms with Gasteiger partial charge < -0.3 is 10.2 Å². The molecule has 0 radical (unpaired) electrons. The number of amides is 1. The lowest BCUT2D eigenvalue weighted by molar-refractivity contribution is -0.121. The zero-order valence-corrected chi connectivity index (χ0v) is 12.3. The summed E-state index contributed by atoms with van der Waals surface area (Å²) in [5.74, 6) is 1.54. The number of halogens is 1. The van der Waals surface area contributed by atoms with Gasteiger partial charge >= 0.3 is 0 Å².